The van der Waals surface area contributed by atoms with E-state index in [0.717, 1.165) is 31.2 Å². The molecule has 0 radical (unpaired) electrons. The van der Waals surface area contributed by atoms with Crippen molar-refractivity contribution in [2.45, 2.75) is 52.5 Å². The highest BCUT2D eigenvalue weighted by Gasteiger charge is 2.29. The molecule has 6 heteroatoms. The molecule has 3 rings (SSSR count). The number of ether oxygens (including phenoxy) is 1. The first-order valence-electron chi connectivity index (χ1n) is 11.8. The average Bonchev–Trinajstić information content (AvgIpc) is 2.84. The van der Waals surface area contributed by atoms with Gasteiger partial charge in [0.1, 0.15) is 5.75 Å². The summed E-state index contributed by atoms with van der Waals surface area (Å²) in [4.78, 5) is 27.9. The fourth-order valence-corrected chi connectivity index (χ4v) is 4.28. The summed E-state index contributed by atoms with van der Waals surface area (Å²) < 4.78 is 5.19. The fraction of sp³-hybridized carbons (Fsp3) is 0.481. The van der Waals surface area contributed by atoms with E-state index < -0.39 is 0 Å². The van der Waals surface area contributed by atoms with E-state index in [9.17, 15) is 9.59 Å². The second-order valence-corrected chi connectivity index (χ2v) is 9.78. The van der Waals surface area contributed by atoms with Crippen LogP contribution in [0.3, 0.4) is 0 Å². The van der Waals surface area contributed by atoms with Gasteiger partial charge in [0.2, 0.25) is 5.91 Å². The van der Waals surface area contributed by atoms with Gasteiger partial charge < -0.3 is 20.7 Å². The number of nitrogens with one attached hydrogen (secondary N) is 1. The van der Waals surface area contributed by atoms with Crippen LogP contribution in [0.1, 0.15) is 61.9 Å². The summed E-state index contributed by atoms with van der Waals surface area (Å²) in [6.07, 6.45) is 5.45. The monoisotopic (exact) mass is 451 g/mol. The van der Waals surface area contributed by atoms with E-state index in [0.29, 0.717) is 36.6 Å². The van der Waals surface area contributed by atoms with Gasteiger partial charge >= 0.3 is 0 Å². The summed E-state index contributed by atoms with van der Waals surface area (Å²) >= 11 is 0. The molecule has 2 amide bonds. The summed E-state index contributed by atoms with van der Waals surface area (Å²) in [6, 6.07) is 14.7. The minimum Gasteiger partial charge on any atom is -0.497 e. The van der Waals surface area contributed by atoms with Gasteiger partial charge in [0, 0.05) is 30.3 Å². The molecular weight excluding hydrogens is 414 g/mol. The van der Waals surface area contributed by atoms with E-state index in [1.807, 2.05) is 29.2 Å². The van der Waals surface area contributed by atoms with Crippen molar-refractivity contribution < 1.29 is 14.3 Å². The van der Waals surface area contributed by atoms with Gasteiger partial charge in [-0.2, -0.15) is 0 Å². The number of benzene rings is 2. The number of carbonyl (C=O) groups excluding carboxylic acids is 2. The maximum atomic E-state index is 13.3. The van der Waals surface area contributed by atoms with Gasteiger partial charge in [-0.25, -0.2) is 0 Å². The summed E-state index contributed by atoms with van der Waals surface area (Å²) in [5.41, 5.74) is 8.10. The van der Waals surface area contributed by atoms with Gasteiger partial charge in [-0.3, -0.25) is 9.59 Å². The molecule has 0 unspecified atom stereocenters. The summed E-state index contributed by atoms with van der Waals surface area (Å²) in [6.45, 7) is 5.91. The fourth-order valence-electron chi connectivity index (χ4n) is 4.28. The van der Waals surface area contributed by atoms with Gasteiger partial charge in [0.05, 0.1) is 7.11 Å². The second-order valence-electron chi connectivity index (χ2n) is 9.78. The minimum atomic E-state index is -0.194. The van der Waals surface area contributed by atoms with E-state index in [2.05, 4.69) is 19.2 Å². The Balaban J connectivity index is 1.68. The Kier molecular flexibility index (Phi) is 8.50. The predicted octanol–water partition coefficient (Wildman–Crippen LogP) is 4.84. The highest BCUT2D eigenvalue weighted by molar-refractivity contribution is 6.04. The van der Waals surface area contributed by atoms with Crippen molar-refractivity contribution in [3.05, 3.63) is 59.7 Å². The van der Waals surface area contributed by atoms with Gasteiger partial charge in [-0.1, -0.05) is 51.3 Å². The van der Waals surface area contributed by atoms with Crippen LogP contribution in [0.2, 0.25) is 0 Å². The Labute approximate surface area is 197 Å². The SMILES string of the molecule is COc1cccc(C(=O)Nc2ccc(CN(CC(C)(C)CN)C(=O)C3CCCCC3)cc2)c1. The van der Waals surface area contributed by atoms with Crippen LogP contribution in [-0.4, -0.2) is 36.9 Å². The van der Waals surface area contributed by atoms with Crippen LogP contribution < -0.4 is 15.8 Å². The number of carbonyl (C=O) groups is 2. The predicted molar refractivity (Wildman–Crippen MR) is 132 cm³/mol. The van der Waals surface area contributed by atoms with Crippen LogP contribution in [-0.2, 0) is 11.3 Å². The first kappa shape index (κ1) is 24.8. The highest BCUT2D eigenvalue weighted by Crippen LogP contribution is 2.28. The zero-order valence-corrected chi connectivity index (χ0v) is 20.1. The van der Waals surface area contributed by atoms with Crippen LogP contribution in [0, 0.1) is 11.3 Å². The lowest BCUT2D eigenvalue weighted by atomic mass is 9.87. The molecule has 2 aromatic rings. The third kappa shape index (κ3) is 7.06. The molecule has 3 N–H and O–H groups in total. The Hall–Kier alpha value is -2.86. The molecule has 1 aliphatic carbocycles. The van der Waals surface area contributed by atoms with Gasteiger partial charge in [-0.05, 0) is 60.7 Å². The molecule has 1 fully saturated rings. The Bertz CT molecular complexity index is 934. The third-order valence-electron chi connectivity index (χ3n) is 6.35. The van der Waals surface area contributed by atoms with Crippen LogP contribution in [0.5, 0.6) is 5.75 Å². The van der Waals surface area contributed by atoms with Gasteiger partial charge in [0.25, 0.3) is 5.91 Å². The molecule has 2 aromatic carbocycles. The number of methoxy groups -OCH3 is 1. The maximum Gasteiger partial charge on any atom is 0.255 e. The first-order valence-corrected chi connectivity index (χ1v) is 11.8. The topological polar surface area (TPSA) is 84.7 Å². The van der Waals surface area contributed by atoms with Gasteiger partial charge in [0.15, 0.2) is 0 Å². The Morgan fingerprint density at radius 2 is 1.79 bits per heavy atom. The molecular formula is C27H37N3O3. The Morgan fingerprint density at radius 1 is 1.09 bits per heavy atom. The number of nitrogens with two attached hydrogens (primary N) is 1. The smallest absolute Gasteiger partial charge is 0.255 e. The molecule has 1 aliphatic rings. The van der Waals surface area contributed by atoms with E-state index in [4.69, 9.17) is 10.5 Å². The molecule has 0 spiro atoms. The van der Waals surface area contributed by atoms with Crippen molar-refractivity contribution in [3.8, 4) is 5.75 Å². The van der Waals surface area contributed by atoms with Crippen molar-refractivity contribution in [2.75, 3.05) is 25.5 Å². The summed E-state index contributed by atoms with van der Waals surface area (Å²) in [7, 11) is 1.58. The zero-order valence-electron chi connectivity index (χ0n) is 20.1. The Morgan fingerprint density at radius 3 is 2.42 bits per heavy atom. The normalized spacial score (nSPS) is 14.5. The molecule has 0 aromatic heterocycles. The van der Waals surface area contributed by atoms with Gasteiger partial charge in [-0.15, -0.1) is 0 Å². The molecule has 1 saturated carbocycles. The van der Waals surface area contributed by atoms with Crippen molar-refractivity contribution in [1.82, 2.24) is 4.90 Å². The molecule has 0 bridgehead atoms. The number of anilines is 1. The zero-order chi connectivity index (χ0) is 23.8. The number of rotatable bonds is 9. The van der Waals surface area contributed by atoms with Crippen molar-refractivity contribution in [2.24, 2.45) is 17.1 Å². The van der Waals surface area contributed by atoms with Crippen LogP contribution >= 0.6 is 0 Å². The van der Waals surface area contributed by atoms with Crippen LogP contribution in [0.15, 0.2) is 48.5 Å². The quantitative estimate of drug-likeness (QED) is 0.571. The maximum absolute atomic E-state index is 13.3. The van der Waals surface area contributed by atoms with E-state index in [1.165, 1.54) is 6.42 Å². The van der Waals surface area contributed by atoms with Crippen molar-refractivity contribution >= 4 is 17.5 Å². The van der Waals surface area contributed by atoms with Crippen molar-refractivity contribution in [3.63, 3.8) is 0 Å². The number of hydrogen-bond acceptors (Lipinski definition) is 4. The highest BCUT2D eigenvalue weighted by atomic mass is 16.5. The second kappa shape index (κ2) is 11.3. The summed E-state index contributed by atoms with van der Waals surface area (Å²) in [5.74, 6) is 0.807. The first-order chi connectivity index (χ1) is 15.8. The number of nitrogens with zero attached hydrogens (tertiary/aromatic N) is 1. The molecule has 0 heterocycles. The van der Waals surface area contributed by atoms with E-state index in [1.54, 1.807) is 31.4 Å². The molecule has 6 nitrogen and oxygen atoms in total. The molecule has 0 atom stereocenters. The van der Waals surface area contributed by atoms with Crippen molar-refractivity contribution in [1.29, 1.82) is 0 Å². The summed E-state index contributed by atoms with van der Waals surface area (Å²) in [5, 5.41) is 2.92. The van der Waals surface area contributed by atoms with E-state index >= 15 is 0 Å². The number of amides is 2. The molecule has 0 aliphatic heterocycles. The van der Waals surface area contributed by atoms with Crippen LogP contribution in [0.25, 0.3) is 0 Å². The molecule has 0 saturated heterocycles. The average molecular weight is 452 g/mol. The lowest BCUT2D eigenvalue weighted by Crippen LogP contribution is -2.44. The third-order valence-corrected chi connectivity index (χ3v) is 6.35. The molecule has 178 valence electrons. The number of hydrogen-bond donors (Lipinski definition) is 2. The van der Waals surface area contributed by atoms with E-state index in [-0.39, 0.29) is 23.1 Å². The largest absolute Gasteiger partial charge is 0.497 e. The van der Waals surface area contributed by atoms with Crippen LogP contribution in [0.4, 0.5) is 5.69 Å². The standard InChI is InChI=1S/C27H37N3O3/c1-27(2,18-28)19-30(26(32)21-8-5-4-6-9-21)17-20-12-14-23(15-13-20)29-25(31)22-10-7-11-24(16-22)33-3/h7,10-16,21H,4-6,8-9,17-19,28H2,1-3H3,(H,29,31). The lowest BCUT2D eigenvalue weighted by molar-refractivity contribution is -0.138. The molecule has 33 heavy (non-hydrogen) atoms. The lowest BCUT2D eigenvalue weighted by Gasteiger charge is -2.35. The minimum absolute atomic E-state index is 0.119.